The summed E-state index contributed by atoms with van der Waals surface area (Å²) in [5, 5.41) is 0.705. The molecule has 0 saturated carbocycles. The number of aryl methyl sites for hydroxylation is 1. The highest BCUT2D eigenvalue weighted by molar-refractivity contribution is 7.17. The number of ketones is 2. The molecule has 2 aromatic carbocycles. The highest BCUT2D eigenvalue weighted by Crippen LogP contribution is 2.35. The number of nitrogens with zero attached hydrogens (tertiary/aromatic N) is 1. The predicted molar refractivity (Wildman–Crippen MR) is 85.6 cm³/mol. The van der Waals surface area contributed by atoms with Crippen molar-refractivity contribution in [2.24, 2.45) is 0 Å². The Hall–Kier alpha value is -2.59. The van der Waals surface area contributed by atoms with Crippen LogP contribution in [0.1, 0.15) is 36.9 Å². The minimum absolute atomic E-state index is 0.104. The Morgan fingerprint density at radius 2 is 1.68 bits per heavy atom. The molecule has 0 atom stereocenters. The maximum atomic E-state index is 12.7. The van der Waals surface area contributed by atoms with E-state index in [4.69, 9.17) is 0 Å². The van der Waals surface area contributed by atoms with Crippen molar-refractivity contribution in [2.75, 3.05) is 0 Å². The standard InChI is InChI=1S/C18H11NO2S/c1-10-7-8-12-13(9-10)16(21)17-14(15(12)20)19-18(22-17)11-5-3-2-4-6-11/h2-9H,1H3. The Bertz CT molecular complexity index is 926. The molecule has 22 heavy (non-hydrogen) atoms. The summed E-state index contributed by atoms with van der Waals surface area (Å²) in [6, 6.07) is 14.9. The number of aromatic nitrogens is 1. The first-order valence-corrected chi connectivity index (χ1v) is 7.73. The normalized spacial score (nSPS) is 13.0. The Morgan fingerprint density at radius 3 is 2.45 bits per heavy atom. The second kappa shape index (κ2) is 4.71. The van der Waals surface area contributed by atoms with Crippen LogP contribution in [0.25, 0.3) is 10.6 Å². The zero-order valence-electron chi connectivity index (χ0n) is 11.8. The van der Waals surface area contributed by atoms with Gasteiger partial charge in [-0.25, -0.2) is 4.98 Å². The van der Waals surface area contributed by atoms with Gasteiger partial charge in [0.05, 0.1) is 0 Å². The van der Waals surface area contributed by atoms with Crippen molar-refractivity contribution in [1.29, 1.82) is 0 Å². The molecule has 1 aliphatic carbocycles. The van der Waals surface area contributed by atoms with E-state index in [1.807, 2.05) is 43.3 Å². The van der Waals surface area contributed by atoms with Gasteiger partial charge in [-0.05, 0) is 19.1 Å². The zero-order chi connectivity index (χ0) is 15.3. The number of benzene rings is 2. The van der Waals surface area contributed by atoms with Gasteiger partial charge in [0.25, 0.3) is 0 Å². The van der Waals surface area contributed by atoms with E-state index in [2.05, 4.69) is 4.98 Å². The van der Waals surface area contributed by atoms with Gasteiger partial charge in [0.2, 0.25) is 11.6 Å². The Kier molecular flexibility index (Phi) is 2.81. The van der Waals surface area contributed by atoms with Crippen LogP contribution in [0.5, 0.6) is 0 Å². The molecule has 106 valence electrons. The van der Waals surface area contributed by atoms with Crippen LogP contribution < -0.4 is 0 Å². The van der Waals surface area contributed by atoms with E-state index in [9.17, 15) is 9.59 Å². The third-order valence-electron chi connectivity index (χ3n) is 3.73. The van der Waals surface area contributed by atoms with Crippen LogP contribution in [0.2, 0.25) is 0 Å². The highest BCUT2D eigenvalue weighted by Gasteiger charge is 2.33. The molecule has 0 bridgehead atoms. The predicted octanol–water partition coefficient (Wildman–Crippen LogP) is 3.89. The van der Waals surface area contributed by atoms with Crippen LogP contribution >= 0.6 is 11.3 Å². The number of fused-ring (bicyclic) bond motifs is 2. The van der Waals surface area contributed by atoms with Crippen LogP contribution in [-0.4, -0.2) is 16.6 Å². The van der Waals surface area contributed by atoms with Crippen LogP contribution in [0.4, 0.5) is 0 Å². The zero-order valence-corrected chi connectivity index (χ0v) is 12.6. The Labute approximate surface area is 131 Å². The van der Waals surface area contributed by atoms with E-state index in [0.717, 1.165) is 11.1 Å². The second-order valence-corrected chi connectivity index (χ2v) is 6.27. The molecular weight excluding hydrogens is 294 g/mol. The van der Waals surface area contributed by atoms with Gasteiger partial charge in [-0.3, -0.25) is 9.59 Å². The quantitative estimate of drug-likeness (QED) is 0.536. The topological polar surface area (TPSA) is 47.0 Å². The van der Waals surface area contributed by atoms with Crippen molar-refractivity contribution in [2.45, 2.75) is 6.92 Å². The van der Waals surface area contributed by atoms with Crippen molar-refractivity contribution in [1.82, 2.24) is 4.98 Å². The van der Waals surface area contributed by atoms with Gasteiger partial charge in [0.1, 0.15) is 15.6 Å². The van der Waals surface area contributed by atoms with Crippen LogP contribution in [-0.2, 0) is 0 Å². The molecule has 1 aliphatic rings. The van der Waals surface area contributed by atoms with E-state index >= 15 is 0 Å². The maximum absolute atomic E-state index is 12.7. The minimum atomic E-state index is -0.164. The SMILES string of the molecule is Cc1ccc2c(c1)C(=O)c1sc(-c3ccccc3)nc1C2=O. The van der Waals surface area contributed by atoms with Crippen LogP contribution in [0, 0.1) is 6.92 Å². The smallest absolute Gasteiger partial charge is 0.213 e. The molecule has 0 unspecified atom stereocenters. The molecular formula is C18H11NO2S. The third kappa shape index (κ3) is 1.84. The summed E-state index contributed by atoms with van der Waals surface area (Å²) >= 11 is 1.29. The lowest BCUT2D eigenvalue weighted by atomic mass is 9.90. The second-order valence-electron chi connectivity index (χ2n) is 5.27. The molecule has 3 aromatic rings. The van der Waals surface area contributed by atoms with E-state index in [1.165, 1.54) is 11.3 Å². The molecule has 0 N–H and O–H groups in total. The number of hydrogen-bond acceptors (Lipinski definition) is 4. The number of rotatable bonds is 1. The number of thiazole rings is 1. The van der Waals surface area contributed by atoms with Crippen molar-refractivity contribution in [3.63, 3.8) is 0 Å². The average Bonchev–Trinajstić information content (AvgIpc) is 2.99. The lowest BCUT2D eigenvalue weighted by Gasteiger charge is -2.13. The lowest BCUT2D eigenvalue weighted by Crippen LogP contribution is -2.19. The summed E-state index contributed by atoms with van der Waals surface area (Å²) in [7, 11) is 0. The van der Waals surface area contributed by atoms with Crippen LogP contribution in [0.15, 0.2) is 48.5 Å². The monoisotopic (exact) mass is 305 g/mol. The van der Waals surface area contributed by atoms with E-state index < -0.39 is 0 Å². The van der Waals surface area contributed by atoms with Crippen molar-refractivity contribution >= 4 is 22.9 Å². The molecule has 0 saturated heterocycles. The largest absolute Gasteiger partial charge is 0.288 e. The van der Waals surface area contributed by atoms with Gasteiger partial charge in [0, 0.05) is 16.7 Å². The first-order chi connectivity index (χ1) is 10.6. The maximum Gasteiger partial charge on any atom is 0.213 e. The summed E-state index contributed by atoms with van der Waals surface area (Å²) in [6.45, 7) is 1.91. The molecule has 0 spiro atoms. The molecule has 0 aliphatic heterocycles. The van der Waals surface area contributed by atoms with Gasteiger partial charge >= 0.3 is 0 Å². The molecule has 0 radical (unpaired) electrons. The van der Waals surface area contributed by atoms with Gasteiger partial charge in [0.15, 0.2) is 0 Å². The highest BCUT2D eigenvalue weighted by atomic mass is 32.1. The van der Waals surface area contributed by atoms with E-state index in [-0.39, 0.29) is 17.3 Å². The van der Waals surface area contributed by atoms with E-state index in [1.54, 1.807) is 12.1 Å². The molecule has 4 rings (SSSR count). The van der Waals surface area contributed by atoms with Gasteiger partial charge in [-0.2, -0.15) is 0 Å². The Balaban J connectivity index is 1.91. The molecule has 1 heterocycles. The van der Waals surface area contributed by atoms with E-state index in [0.29, 0.717) is 21.0 Å². The summed E-state index contributed by atoms with van der Waals surface area (Å²) < 4.78 is 0. The van der Waals surface area contributed by atoms with Crippen molar-refractivity contribution in [3.05, 3.63) is 75.8 Å². The summed E-state index contributed by atoms with van der Waals surface area (Å²) in [4.78, 5) is 30.1. The molecule has 4 heteroatoms. The van der Waals surface area contributed by atoms with Gasteiger partial charge < -0.3 is 0 Å². The summed E-state index contributed by atoms with van der Waals surface area (Å²) in [5.74, 6) is -0.268. The third-order valence-corrected chi connectivity index (χ3v) is 4.84. The van der Waals surface area contributed by atoms with Gasteiger partial charge in [-0.1, -0.05) is 42.0 Å². The first-order valence-electron chi connectivity index (χ1n) is 6.91. The number of carbonyl (C=O) groups is 2. The number of hydrogen-bond donors (Lipinski definition) is 0. The lowest BCUT2D eigenvalue weighted by molar-refractivity contribution is 0.0979. The summed E-state index contributed by atoms with van der Waals surface area (Å²) in [6.07, 6.45) is 0. The minimum Gasteiger partial charge on any atom is -0.288 e. The number of carbonyl (C=O) groups excluding carboxylic acids is 2. The first kappa shape index (κ1) is 13.1. The van der Waals surface area contributed by atoms with Crippen molar-refractivity contribution < 1.29 is 9.59 Å². The fourth-order valence-corrected chi connectivity index (χ4v) is 3.65. The molecule has 1 aromatic heterocycles. The van der Waals surface area contributed by atoms with Crippen LogP contribution in [0.3, 0.4) is 0 Å². The molecule has 0 amide bonds. The fraction of sp³-hybridized carbons (Fsp3) is 0.0556. The average molecular weight is 305 g/mol. The molecule has 0 fully saturated rings. The van der Waals surface area contributed by atoms with Gasteiger partial charge in [-0.15, -0.1) is 11.3 Å². The summed E-state index contributed by atoms with van der Waals surface area (Å²) in [5.41, 5.74) is 3.11. The van der Waals surface area contributed by atoms with Crippen molar-refractivity contribution in [3.8, 4) is 10.6 Å². The fourth-order valence-electron chi connectivity index (χ4n) is 2.63. The Morgan fingerprint density at radius 1 is 0.909 bits per heavy atom. The molecule has 3 nitrogen and oxygen atoms in total.